The molecule has 10 nitrogen and oxygen atoms in total. The lowest BCUT2D eigenvalue weighted by Gasteiger charge is -2.42. The number of pyridine rings is 1. The number of aromatic hydroxyl groups is 1. The number of halogens is 3. The molecule has 0 unspecified atom stereocenters. The third kappa shape index (κ3) is 4.24. The molecule has 2 saturated heterocycles. The Hall–Kier alpha value is -3.42. The van der Waals surface area contributed by atoms with Gasteiger partial charge in [0.15, 0.2) is 17.2 Å². The number of carbonyl (C=O) groups is 2. The number of rotatable bonds is 5. The highest BCUT2D eigenvalue weighted by atomic mass is 19.1. The minimum absolute atomic E-state index is 0.127. The summed E-state index contributed by atoms with van der Waals surface area (Å²) in [5.41, 5.74) is -2.61. The first-order chi connectivity index (χ1) is 18.1. The van der Waals surface area contributed by atoms with Crippen molar-refractivity contribution >= 4 is 11.8 Å². The van der Waals surface area contributed by atoms with Crippen LogP contribution in [0.15, 0.2) is 23.1 Å². The number of benzene rings is 1. The predicted molar refractivity (Wildman–Crippen MR) is 124 cm³/mol. The van der Waals surface area contributed by atoms with Crippen molar-refractivity contribution < 1.29 is 42.1 Å². The minimum atomic E-state index is -1.22. The molecule has 4 heterocycles. The molecule has 3 aliphatic rings. The van der Waals surface area contributed by atoms with Crippen LogP contribution in [0.1, 0.15) is 52.2 Å². The Morgan fingerprint density at radius 2 is 1.97 bits per heavy atom. The van der Waals surface area contributed by atoms with Crippen molar-refractivity contribution in [2.75, 3.05) is 26.9 Å². The highest BCUT2D eigenvalue weighted by molar-refractivity contribution is 5.99. The van der Waals surface area contributed by atoms with Gasteiger partial charge in [-0.3, -0.25) is 14.4 Å². The van der Waals surface area contributed by atoms with Gasteiger partial charge in [-0.05, 0) is 13.3 Å². The molecule has 204 valence electrons. The van der Waals surface area contributed by atoms with Crippen LogP contribution in [0.2, 0.25) is 0 Å². The molecule has 2 amide bonds. The molecule has 38 heavy (non-hydrogen) atoms. The molecule has 4 atom stereocenters. The lowest BCUT2D eigenvalue weighted by Crippen LogP contribution is -2.53. The molecule has 0 saturated carbocycles. The fourth-order valence-electron chi connectivity index (χ4n) is 5.36. The summed E-state index contributed by atoms with van der Waals surface area (Å²) in [6, 6.07) is -0.0456. The van der Waals surface area contributed by atoms with Gasteiger partial charge in [0.1, 0.15) is 35.2 Å². The van der Waals surface area contributed by atoms with Gasteiger partial charge in [0, 0.05) is 56.6 Å². The Kier molecular flexibility index (Phi) is 6.70. The Labute approximate surface area is 214 Å². The van der Waals surface area contributed by atoms with E-state index in [-0.39, 0.29) is 37.6 Å². The van der Waals surface area contributed by atoms with Crippen molar-refractivity contribution in [2.24, 2.45) is 0 Å². The zero-order valence-corrected chi connectivity index (χ0v) is 20.6. The zero-order chi connectivity index (χ0) is 27.4. The maximum atomic E-state index is 14.0. The van der Waals surface area contributed by atoms with Gasteiger partial charge in [0.05, 0.1) is 13.2 Å². The van der Waals surface area contributed by atoms with Crippen molar-refractivity contribution in [2.45, 2.75) is 50.3 Å². The number of carbonyl (C=O) groups excluding carboxylic acids is 2. The highest BCUT2D eigenvalue weighted by Gasteiger charge is 2.55. The van der Waals surface area contributed by atoms with Crippen LogP contribution >= 0.6 is 0 Å². The number of fused-ring (bicyclic) bond motifs is 5. The summed E-state index contributed by atoms with van der Waals surface area (Å²) in [5, 5.41) is 13.0. The molecule has 2 bridgehead atoms. The summed E-state index contributed by atoms with van der Waals surface area (Å²) >= 11 is 0. The van der Waals surface area contributed by atoms with E-state index in [9.17, 15) is 32.7 Å². The average molecular weight is 537 g/mol. The van der Waals surface area contributed by atoms with Gasteiger partial charge in [-0.1, -0.05) is 0 Å². The number of nitrogens with one attached hydrogen (secondary N) is 1. The molecular formula is C25H26F3N3O7. The van der Waals surface area contributed by atoms with Gasteiger partial charge < -0.3 is 34.1 Å². The second-order valence-electron chi connectivity index (χ2n) is 9.69. The maximum absolute atomic E-state index is 14.0. The molecule has 5 rings (SSSR count). The SMILES string of the molecule is COC[C@@H]1CO[C@]2(CC[C@H](C)N3C[C@H]2n2cc(C(=O)NCc4c(F)cc(F)cc4F)c(=O)c(O)c2C3=O)O1. The number of aromatic nitrogens is 1. The third-order valence-electron chi connectivity index (χ3n) is 7.34. The summed E-state index contributed by atoms with van der Waals surface area (Å²) in [7, 11) is 1.52. The van der Waals surface area contributed by atoms with Gasteiger partial charge in [-0.25, -0.2) is 13.2 Å². The van der Waals surface area contributed by atoms with E-state index in [4.69, 9.17) is 14.2 Å². The van der Waals surface area contributed by atoms with Crippen LogP contribution in [0.5, 0.6) is 5.75 Å². The first kappa shape index (κ1) is 26.2. The lowest BCUT2D eigenvalue weighted by atomic mass is 9.99. The molecule has 1 spiro atoms. The average Bonchev–Trinajstić information content (AvgIpc) is 3.22. The van der Waals surface area contributed by atoms with E-state index in [1.54, 1.807) is 0 Å². The zero-order valence-electron chi connectivity index (χ0n) is 20.6. The number of ether oxygens (including phenoxy) is 3. The normalized spacial score (nSPS) is 26.4. The summed E-state index contributed by atoms with van der Waals surface area (Å²) in [5.74, 6) is -7.36. The predicted octanol–water partition coefficient (Wildman–Crippen LogP) is 1.84. The molecule has 1 aromatic heterocycles. The number of amides is 2. The second kappa shape index (κ2) is 9.71. The van der Waals surface area contributed by atoms with E-state index < -0.39 is 69.9 Å². The minimum Gasteiger partial charge on any atom is -0.503 e. The third-order valence-corrected chi connectivity index (χ3v) is 7.34. The largest absolute Gasteiger partial charge is 0.503 e. The van der Waals surface area contributed by atoms with Gasteiger partial charge >= 0.3 is 0 Å². The summed E-state index contributed by atoms with van der Waals surface area (Å²) in [6.07, 6.45) is 1.64. The molecule has 0 radical (unpaired) electrons. The van der Waals surface area contributed by atoms with E-state index in [1.807, 2.05) is 6.92 Å². The first-order valence-electron chi connectivity index (χ1n) is 12.1. The van der Waals surface area contributed by atoms with E-state index in [1.165, 1.54) is 16.6 Å². The molecule has 2 fully saturated rings. The molecule has 1 aromatic carbocycles. The van der Waals surface area contributed by atoms with E-state index in [0.717, 1.165) is 6.20 Å². The monoisotopic (exact) mass is 537 g/mol. The second-order valence-corrected chi connectivity index (χ2v) is 9.69. The van der Waals surface area contributed by atoms with E-state index in [2.05, 4.69) is 5.32 Å². The van der Waals surface area contributed by atoms with Gasteiger partial charge in [0.2, 0.25) is 5.43 Å². The Bertz CT molecular complexity index is 1340. The van der Waals surface area contributed by atoms with Crippen LogP contribution in [0.25, 0.3) is 0 Å². The maximum Gasteiger partial charge on any atom is 0.274 e. The van der Waals surface area contributed by atoms with E-state index >= 15 is 0 Å². The number of hydrogen-bond acceptors (Lipinski definition) is 7. The molecular weight excluding hydrogens is 511 g/mol. The quantitative estimate of drug-likeness (QED) is 0.598. The highest BCUT2D eigenvalue weighted by Crippen LogP contribution is 2.45. The van der Waals surface area contributed by atoms with Crippen LogP contribution in [0.4, 0.5) is 13.2 Å². The molecule has 2 N–H and O–H groups in total. The lowest BCUT2D eigenvalue weighted by molar-refractivity contribution is -0.205. The van der Waals surface area contributed by atoms with Crippen LogP contribution in [-0.2, 0) is 20.8 Å². The van der Waals surface area contributed by atoms with E-state index in [0.29, 0.717) is 25.0 Å². The smallest absolute Gasteiger partial charge is 0.274 e. The van der Waals surface area contributed by atoms with Crippen LogP contribution in [0, 0.1) is 17.5 Å². The van der Waals surface area contributed by atoms with Crippen molar-refractivity contribution in [3.05, 3.63) is 62.8 Å². The first-order valence-corrected chi connectivity index (χ1v) is 12.1. The van der Waals surface area contributed by atoms with Crippen molar-refractivity contribution in [3.63, 3.8) is 0 Å². The van der Waals surface area contributed by atoms with Crippen LogP contribution in [-0.4, -0.2) is 71.2 Å². The molecule has 2 aromatic rings. The summed E-state index contributed by atoms with van der Waals surface area (Å²) < 4.78 is 60.2. The summed E-state index contributed by atoms with van der Waals surface area (Å²) in [6.45, 7) is 1.76. The fourth-order valence-corrected chi connectivity index (χ4v) is 5.36. The fraction of sp³-hybridized carbons (Fsp3) is 0.480. The van der Waals surface area contributed by atoms with Crippen LogP contribution in [0.3, 0.4) is 0 Å². The van der Waals surface area contributed by atoms with Gasteiger partial charge in [0.25, 0.3) is 11.8 Å². The number of methoxy groups -OCH3 is 1. The Morgan fingerprint density at radius 1 is 1.26 bits per heavy atom. The van der Waals surface area contributed by atoms with Crippen molar-refractivity contribution in [1.29, 1.82) is 0 Å². The van der Waals surface area contributed by atoms with Gasteiger partial charge in [-0.2, -0.15) is 0 Å². The molecule has 13 heteroatoms. The Morgan fingerprint density at radius 3 is 2.66 bits per heavy atom. The van der Waals surface area contributed by atoms with Gasteiger partial charge in [-0.15, -0.1) is 0 Å². The van der Waals surface area contributed by atoms with Crippen LogP contribution < -0.4 is 10.7 Å². The summed E-state index contributed by atoms with van der Waals surface area (Å²) in [4.78, 5) is 40.8. The number of hydrogen-bond donors (Lipinski definition) is 2. The standard InChI is InChI=1S/C25H26F3N3O7/c1-12-3-4-25(37-11-14(38-25)10-36-2)19-9-30(12)24(35)20-22(33)21(32)16(8-31(19)20)23(34)29-7-15-17(27)5-13(26)6-18(15)28/h5-6,8,12,14,19,33H,3-4,7,9-11H2,1-2H3,(H,29,34)/t12-,14+,19+,25+/m0/s1. The Balaban J connectivity index is 1.53. The van der Waals surface area contributed by atoms with Crippen molar-refractivity contribution in [1.82, 2.24) is 14.8 Å². The molecule has 3 aliphatic heterocycles. The molecule has 0 aliphatic carbocycles. The number of nitrogens with zero attached hydrogens (tertiary/aromatic N) is 2. The van der Waals surface area contributed by atoms with Crippen molar-refractivity contribution in [3.8, 4) is 5.75 Å². The topological polar surface area (TPSA) is 119 Å².